The first-order chi connectivity index (χ1) is 12.6. The molecule has 2 N–H and O–H groups in total. The van der Waals surface area contributed by atoms with E-state index in [1.165, 1.54) is 11.8 Å². The molecule has 0 aliphatic heterocycles. The first-order valence-electron chi connectivity index (χ1n) is 9.38. The minimum Gasteiger partial charge on any atom is -0.357 e. The van der Waals surface area contributed by atoms with E-state index >= 15 is 0 Å². The highest BCUT2D eigenvalue weighted by Gasteiger charge is 2.40. The van der Waals surface area contributed by atoms with E-state index in [1.807, 2.05) is 30.7 Å². The van der Waals surface area contributed by atoms with Crippen LogP contribution in [0.5, 0.6) is 0 Å². The van der Waals surface area contributed by atoms with Gasteiger partial charge in [-0.25, -0.2) is 4.39 Å². The van der Waals surface area contributed by atoms with Gasteiger partial charge >= 0.3 is 0 Å². The molecule has 2 aromatic rings. The molecule has 0 amide bonds. The van der Waals surface area contributed by atoms with Gasteiger partial charge in [0.2, 0.25) is 0 Å². The summed E-state index contributed by atoms with van der Waals surface area (Å²) in [6, 6.07) is 9.37. The second-order valence-electron chi connectivity index (χ2n) is 6.88. The van der Waals surface area contributed by atoms with Crippen molar-refractivity contribution in [1.29, 1.82) is 0 Å². The molecule has 1 fully saturated rings. The first kappa shape index (κ1) is 18.4. The normalized spacial score (nSPS) is 19.5. The van der Waals surface area contributed by atoms with Gasteiger partial charge in [-0.15, -0.1) is 0 Å². The Morgan fingerprint density at radius 3 is 2.85 bits per heavy atom. The number of guanidine groups is 1. The fourth-order valence-corrected chi connectivity index (χ4v) is 3.28. The molecule has 1 aromatic heterocycles. The predicted octanol–water partition coefficient (Wildman–Crippen LogP) is 3.14. The highest BCUT2D eigenvalue weighted by atomic mass is 19.1. The van der Waals surface area contributed by atoms with Crippen LogP contribution in [0, 0.1) is 19.7 Å². The van der Waals surface area contributed by atoms with Crippen molar-refractivity contribution in [2.45, 2.75) is 52.1 Å². The fraction of sp³-hybridized carbons (Fsp3) is 0.500. The van der Waals surface area contributed by atoms with Gasteiger partial charge in [-0.1, -0.05) is 18.2 Å². The van der Waals surface area contributed by atoms with Gasteiger partial charge in [-0.3, -0.25) is 9.67 Å². The Kier molecular flexibility index (Phi) is 5.91. The molecular formula is C20H28FN5. The molecule has 1 saturated carbocycles. The smallest absolute Gasteiger partial charge is 0.191 e. The zero-order valence-corrected chi connectivity index (χ0v) is 15.8. The summed E-state index contributed by atoms with van der Waals surface area (Å²) in [6.45, 7) is 8.53. The van der Waals surface area contributed by atoms with Crippen LogP contribution in [0.2, 0.25) is 0 Å². The van der Waals surface area contributed by atoms with Gasteiger partial charge in [0.15, 0.2) is 5.96 Å². The number of aliphatic imine (C=N–C) groups is 1. The van der Waals surface area contributed by atoms with E-state index in [1.54, 1.807) is 6.07 Å². The second kappa shape index (κ2) is 8.34. The maximum atomic E-state index is 13.9. The van der Waals surface area contributed by atoms with Crippen molar-refractivity contribution in [3.8, 4) is 0 Å². The summed E-state index contributed by atoms with van der Waals surface area (Å²) in [5.41, 5.74) is 3.03. The average Bonchev–Trinajstić information content (AvgIpc) is 3.28. The van der Waals surface area contributed by atoms with Gasteiger partial charge in [-0.05, 0) is 51.3 Å². The third-order valence-electron chi connectivity index (χ3n) is 4.66. The number of aryl methyl sites for hydroxylation is 3. The molecule has 0 bridgehead atoms. The third-order valence-corrected chi connectivity index (χ3v) is 4.66. The molecular weight excluding hydrogens is 329 g/mol. The number of nitrogens with one attached hydrogen (secondary N) is 2. The standard InChI is InChI=1S/C20H28FN5/c1-4-22-20(23-10-7-11-26-15(3)12-14(2)25-26)24-19-13-17(19)16-8-5-6-9-18(16)21/h5-6,8-9,12,17,19H,4,7,10-11,13H2,1-3H3,(H2,22,23,24). The molecule has 6 heteroatoms. The summed E-state index contributed by atoms with van der Waals surface area (Å²) in [5, 5.41) is 11.2. The lowest BCUT2D eigenvalue weighted by Gasteiger charge is -2.11. The zero-order valence-electron chi connectivity index (χ0n) is 15.8. The summed E-state index contributed by atoms with van der Waals surface area (Å²) >= 11 is 0. The molecule has 1 aliphatic rings. The van der Waals surface area contributed by atoms with Gasteiger partial charge in [-0.2, -0.15) is 5.10 Å². The SMILES string of the molecule is CCNC(=NCCCn1nc(C)cc1C)NC1CC1c1ccccc1F. The van der Waals surface area contributed by atoms with Crippen molar-refractivity contribution in [3.05, 3.63) is 53.1 Å². The van der Waals surface area contributed by atoms with Crippen molar-refractivity contribution < 1.29 is 4.39 Å². The minimum atomic E-state index is -0.117. The van der Waals surface area contributed by atoms with Crippen molar-refractivity contribution in [1.82, 2.24) is 20.4 Å². The molecule has 26 heavy (non-hydrogen) atoms. The topological polar surface area (TPSA) is 54.2 Å². The van der Waals surface area contributed by atoms with Crippen LogP contribution in [0.4, 0.5) is 4.39 Å². The first-order valence-corrected chi connectivity index (χ1v) is 9.38. The van der Waals surface area contributed by atoms with Gasteiger partial charge in [0, 0.05) is 37.3 Å². The van der Waals surface area contributed by atoms with Crippen LogP contribution in [0.25, 0.3) is 0 Å². The van der Waals surface area contributed by atoms with Crippen LogP contribution < -0.4 is 10.6 Å². The molecule has 140 valence electrons. The summed E-state index contributed by atoms with van der Waals surface area (Å²) in [5.74, 6) is 0.924. The summed E-state index contributed by atoms with van der Waals surface area (Å²) < 4.78 is 15.9. The van der Waals surface area contributed by atoms with Crippen LogP contribution in [0.3, 0.4) is 0 Å². The molecule has 3 rings (SSSR count). The van der Waals surface area contributed by atoms with Gasteiger partial charge in [0.25, 0.3) is 0 Å². The molecule has 0 saturated heterocycles. The minimum absolute atomic E-state index is 0.117. The number of aromatic nitrogens is 2. The average molecular weight is 357 g/mol. The van der Waals surface area contributed by atoms with Gasteiger partial charge in [0.1, 0.15) is 5.82 Å². The number of hydrogen-bond donors (Lipinski definition) is 2. The van der Waals surface area contributed by atoms with Gasteiger partial charge < -0.3 is 10.6 Å². The van der Waals surface area contributed by atoms with E-state index in [0.29, 0.717) is 0 Å². The number of halogens is 1. The summed E-state index contributed by atoms with van der Waals surface area (Å²) in [4.78, 5) is 4.66. The Balaban J connectivity index is 1.50. The predicted molar refractivity (Wildman–Crippen MR) is 103 cm³/mol. The number of hydrogen-bond acceptors (Lipinski definition) is 2. The van der Waals surface area contributed by atoms with Crippen molar-refractivity contribution in [3.63, 3.8) is 0 Å². The molecule has 1 heterocycles. The summed E-state index contributed by atoms with van der Waals surface area (Å²) in [6.07, 6.45) is 1.87. The largest absolute Gasteiger partial charge is 0.357 e. The van der Waals surface area contributed by atoms with E-state index in [9.17, 15) is 4.39 Å². The summed E-state index contributed by atoms with van der Waals surface area (Å²) in [7, 11) is 0. The van der Waals surface area contributed by atoms with Crippen LogP contribution in [-0.2, 0) is 6.54 Å². The van der Waals surface area contributed by atoms with E-state index < -0.39 is 0 Å². The quantitative estimate of drug-likeness (QED) is 0.455. The fourth-order valence-electron chi connectivity index (χ4n) is 3.28. The lowest BCUT2D eigenvalue weighted by Crippen LogP contribution is -2.39. The van der Waals surface area contributed by atoms with E-state index in [4.69, 9.17) is 0 Å². The molecule has 0 radical (unpaired) electrons. The maximum Gasteiger partial charge on any atom is 0.191 e. The number of benzene rings is 1. The monoisotopic (exact) mass is 357 g/mol. The zero-order chi connectivity index (χ0) is 18.5. The molecule has 2 atom stereocenters. The Morgan fingerprint density at radius 2 is 2.15 bits per heavy atom. The lowest BCUT2D eigenvalue weighted by atomic mass is 10.1. The Labute approximate surface area is 154 Å². The Bertz CT molecular complexity index is 767. The highest BCUT2D eigenvalue weighted by Crippen LogP contribution is 2.41. The Hall–Kier alpha value is -2.37. The van der Waals surface area contributed by atoms with E-state index in [-0.39, 0.29) is 17.8 Å². The molecule has 1 aliphatic carbocycles. The third kappa shape index (κ3) is 4.62. The second-order valence-corrected chi connectivity index (χ2v) is 6.88. The van der Waals surface area contributed by atoms with Crippen molar-refractivity contribution >= 4 is 5.96 Å². The molecule has 5 nitrogen and oxygen atoms in total. The van der Waals surface area contributed by atoms with Crippen LogP contribution in [0.15, 0.2) is 35.3 Å². The number of rotatable bonds is 7. The van der Waals surface area contributed by atoms with Crippen molar-refractivity contribution in [2.24, 2.45) is 4.99 Å². The highest BCUT2D eigenvalue weighted by molar-refractivity contribution is 5.80. The van der Waals surface area contributed by atoms with Gasteiger partial charge in [0.05, 0.1) is 5.69 Å². The maximum absolute atomic E-state index is 13.9. The van der Waals surface area contributed by atoms with Crippen molar-refractivity contribution in [2.75, 3.05) is 13.1 Å². The van der Waals surface area contributed by atoms with E-state index in [0.717, 1.165) is 49.7 Å². The molecule has 0 spiro atoms. The van der Waals surface area contributed by atoms with E-state index in [2.05, 4.69) is 33.7 Å². The Morgan fingerprint density at radius 1 is 1.35 bits per heavy atom. The van der Waals surface area contributed by atoms with Crippen LogP contribution in [0.1, 0.15) is 42.6 Å². The molecule has 2 unspecified atom stereocenters. The lowest BCUT2D eigenvalue weighted by molar-refractivity contribution is 0.567. The van der Waals surface area contributed by atoms with Crippen LogP contribution >= 0.6 is 0 Å². The number of nitrogens with zero attached hydrogens (tertiary/aromatic N) is 3. The molecule has 1 aromatic carbocycles. The van der Waals surface area contributed by atoms with Crippen LogP contribution in [-0.4, -0.2) is 34.9 Å².